The summed E-state index contributed by atoms with van der Waals surface area (Å²) in [6.07, 6.45) is 16.3. The topological polar surface area (TPSA) is 200 Å². The molecule has 2 aliphatic carbocycles. The summed E-state index contributed by atoms with van der Waals surface area (Å²) in [6.45, 7) is 7.26. The molecule has 3 N–H and O–H groups in total. The molecule has 0 aliphatic heterocycles. The molecular formula is C38H60N6O8. The van der Waals surface area contributed by atoms with Crippen LogP contribution in [0.4, 0.5) is 0 Å². The Morgan fingerprint density at radius 3 is 1.94 bits per heavy atom. The summed E-state index contributed by atoms with van der Waals surface area (Å²) in [5, 5.41) is 23.0. The maximum Gasteiger partial charge on any atom is 0.307 e. The lowest BCUT2D eigenvalue weighted by Gasteiger charge is -2.29. The van der Waals surface area contributed by atoms with Crippen molar-refractivity contribution in [1.29, 1.82) is 0 Å². The summed E-state index contributed by atoms with van der Waals surface area (Å²) in [5.74, 6) is 0.770. The third-order valence-corrected chi connectivity index (χ3v) is 10.3. The lowest BCUT2D eigenvalue weighted by molar-refractivity contribution is -0.155. The molecule has 2 saturated carbocycles. The lowest BCUT2D eigenvalue weighted by Crippen LogP contribution is -2.27. The Balaban J connectivity index is 1.22. The summed E-state index contributed by atoms with van der Waals surface area (Å²) in [4.78, 5) is 57.4. The summed E-state index contributed by atoms with van der Waals surface area (Å²) >= 11 is 0. The van der Waals surface area contributed by atoms with Gasteiger partial charge >= 0.3 is 11.9 Å². The molecule has 2 fully saturated rings. The number of nitrogens with zero attached hydrogens (tertiary/aromatic N) is 4. The smallest absolute Gasteiger partial charge is 0.307 e. The van der Waals surface area contributed by atoms with Crippen molar-refractivity contribution in [2.75, 3.05) is 0 Å². The first-order chi connectivity index (χ1) is 24.8. The van der Waals surface area contributed by atoms with E-state index in [2.05, 4.69) is 30.9 Å². The molecule has 290 valence electrons. The highest BCUT2D eigenvalue weighted by molar-refractivity contribution is 5.76. The van der Waals surface area contributed by atoms with Crippen molar-refractivity contribution in [3.8, 4) is 0 Å². The van der Waals surface area contributed by atoms with Gasteiger partial charge in [-0.2, -0.15) is 9.97 Å². The van der Waals surface area contributed by atoms with E-state index in [-0.39, 0.29) is 61.4 Å². The van der Waals surface area contributed by atoms with E-state index in [1.807, 2.05) is 20.8 Å². The monoisotopic (exact) mass is 728 g/mol. The largest absolute Gasteiger partial charge is 0.481 e. The van der Waals surface area contributed by atoms with Crippen LogP contribution < -0.4 is 10.6 Å². The molecule has 4 rings (SSSR count). The van der Waals surface area contributed by atoms with Gasteiger partial charge in [0.1, 0.15) is 5.60 Å². The number of esters is 1. The Bertz CT molecular complexity index is 1430. The number of hydrogen-bond acceptors (Lipinski definition) is 11. The molecule has 2 aromatic heterocycles. The number of carbonyl (C=O) groups excluding carboxylic acids is 3. The van der Waals surface area contributed by atoms with Gasteiger partial charge < -0.3 is 29.5 Å². The van der Waals surface area contributed by atoms with Crippen LogP contribution in [-0.4, -0.2) is 54.7 Å². The van der Waals surface area contributed by atoms with Crippen LogP contribution in [-0.2, 0) is 37.0 Å². The molecule has 2 heterocycles. The number of carboxylic acids is 1. The number of amides is 2. The van der Waals surface area contributed by atoms with E-state index in [4.69, 9.17) is 13.8 Å². The second kappa shape index (κ2) is 20.4. The Hall–Kier alpha value is -3.84. The first-order valence-electron chi connectivity index (χ1n) is 19.4. The number of carboxylic acid groups (broad SMARTS) is 1. The van der Waals surface area contributed by atoms with Crippen molar-refractivity contribution in [2.45, 2.75) is 174 Å². The van der Waals surface area contributed by atoms with E-state index in [0.717, 1.165) is 63.7 Å². The Labute approximate surface area is 307 Å². The van der Waals surface area contributed by atoms with E-state index in [1.165, 1.54) is 39.0 Å². The minimum atomic E-state index is -0.933. The number of ether oxygens (including phenoxy) is 1. The molecule has 0 saturated heterocycles. The van der Waals surface area contributed by atoms with Crippen molar-refractivity contribution >= 4 is 23.8 Å². The van der Waals surface area contributed by atoms with Gasteiger partial charge in [0.2, 0.25) is 23.6 Å². The molecule has 14 heteroatoms. The molecule has 2 aromatic rings. The zero-order chi connectivity index (χ0) is 37.5. The second-order valence-corrected chi connectivity index (χ2v) is 16.0. The molecule has 0 bridgehead atoms. The maximum absolute atomic E-state index is 13.0. The Morgan fingerprint density at radius 2 is 1.35 bits per heavy atom. The molecule has 0 aromatic carbocycles. The Kier molecular flexibility index (Phi) is 16.1. The quantitative estimate of drug-likeness (QED) is 0.119. The third kappa shape index (κ3) is 15.0. The highest BCUT2D eigenvalue weighted by Gasteiger charge is 2.28. The van der Waals surface area contributed by atoms with Gasteiger partial charge in [0.15, 0.2) is 11.6 Å². The summed E-state index contributed by atoms with van der Waals surface area (Å²) in [7, 11) is 0. The molecule has 4 atom stereocenters. The number of aromatic nitrogens is 4. The normalized spacial score (nSPS) is 19.5. The van der Waals surface area contributed by atoms with Gasteiger partial charge in [0.25, 0.3) is 0 Å². The van der Waals surface area contributed by atoms with E-state index in [0.29, 0.717) is 36.3 Å². The minimum Gasteiger partial charge on any atom is -0.481 e. The van der Waals surface area contributed by atoms with Gasteiger partial charge in [-0.05, 0) is 64.2 Å². The highest BCUT2D eigenvalue weighted by atomic mass is 16.6. The predicted octanol–water partition coefficient (Wildman–Crippen LogP) is 6.90. The number of rotatable bonds is 20. The lowest BCUT2D eigenvalue weighted by atomic mass is 9.77. The number of carbonyl (C=O) groups is 4. The first-order valence-corrected chi connectivity index (χ1v) is 19.4. The SMILES string of the molecule is CC(=O)NCc1noc([C@H](CCCC2CCCC(CC(=O)NCc3noc([C@H](CCCC4CCCCC4)CC(=O)OC(C)(C)C)n3)C2)CC(=O)O)n1. The van der Waals surface area contributed by atoms with Crippen molar-refractivity contribution in [2.24, 2.45) is 17.8 Å². The van der Waals surface area contributed by atoms with Crippen LogP contribution in [0.2, 0.25) is 0 Å². The zero-order valence-electron chi connectivity index (χ0n) is 31.6. The molecule has 2 amide bonds. The minimum absolute atomic E-state index is 0.0530. The van der Waals surface area contributed by atoms with Crippen molar-refractivity contribution in [3.63, 3.8) is 0 Å². The molecule has 0 radical (unpaired) electrons. The summed E-state index contributed by atoms with van der Waals surface area (Å²) in [6, 6.07) is 0. The van der Waals surface area contributed by atoms with Crippen LogP contribution in [0.3, 0.4) is 0 Å². The summed E-state index contributed by atoms with van der Waals surface area (Å²) < 4.78 is 16.6. The highest BCUT2D eigenvalue weighted by Crippen LogP contribution is 2.36. The molecule has 14 nitrogen and oxygen atoms in total. The average Bonchev–Trinajstić information content (AvgIpc) is 3.76. The van der Waals surface area contributed by atoms with Gasteiger partial charge in [0.05, 0.1) is 25.9 Å². The summed E-state index contributed by atoms with van der Waals surface area (Å²) in [5.41, 5.74) is -0.574. The van der Waals surface area contributed by atoms with Gasteiger partial charge in [-0.3, -0.25) is 19.2 Å². The van der Waals surface area contributed by atoms with E-state index < -0.39 is 17.5 Å². The number of hydrogen-bond donors (Lipinski definition) is 3. The van der Waals surface area contributed by atoms with E-state index >= 15 is 0 Å². The zero-order valence-corrected chi connectivity index (χ0v) is 31.6. The van der Waals surface area contributed by atoms with Crippen LogP contribution in [0.5, 0.6) is 0 Å². The molecule has 52 heavy (non-hydrogen) atoms. The van der Waals surface area contributed by atoms with Crippen LogP contribution in [0.1, 0.15) is 179 Å². The fourth-order valence-corrected chi connectivity index (χ4v) is 7.78. The van der Waals surface area contributed by atoms with Gasteiger partial charge in [-0.25, -0.2) is 0 Å². The van der Waals surface area contributed by atoms with E-state index in [9.17, 15) is 24.3 Å². The fraction of sp³-hybridized carbons (Fsp3) is 0.789. The van der Waals surface area contributed by atoms with E-state index in [1.54, 1.807) is 0 Å². The van der Waals surface area contributed by atoms with Gasteiger partial charge in [-0.1, -0.05) is 80.9 Å². The van der Waals surface area contributed by atoms with Crippen LogP contribution in [0.15, 0.2) is 9.05 Å². The fourth-order valence-electron chi connectivity index (χ4n) is 7.78. The first kappa shape index (κ1) is 40.9. The molecule has 2 unspecified atom stereocenters. The molecule has 2 aliphatic rings. The number of nitrogens with one attached hydrogen (secondary N) is 2. The van der Waals surface area contributed by atoms with Crippen molar-refractivity contribution in [3.05, 3.63) is 23.4 Å². The van der Waals surface area contributed by atoms with Gasteiger partial charge in [0, 0.05) is 25.2 Å². The van der Waals surface area contributed by atoms with Crippen LogP contribution in [0.25, 0.3) is 0 Å². The second-order valence-electron chi connectivity index (χ2n) is 16.0. The average molecular weight is 729 g/mol. The van der Waals surface area contributed by atoms with Crippen molar-refractivity contribution in [1.82, 2.24) is 30.9 Å². The third-order valence-electron chi connectivity index (χ3n) is 10.3. The van der Waals surface area contributed by atoms with Crippen LogP contribution >= 0.6 is 0 Å². The standard InChI is InChI=1S/C38H60N6O8/c1-25(45)39-23-31-41-36(51-43-31)29(21-34(47)48)17-10-15-27-14-8-16-28(19-27)20-33(46)40-24-32-42-37(52-44-32)30(22-35(49)50-38(2,3)4)18-9-13-26-11-6-5-7-12-26/h26-30H,5-24H2,1-4H3,(H,39,45)(H,40,46)(H,47,48)/t27?,28?,29-,30-/m1/s1. The molecule has 0 spiro atoms. The Morgan fingerprint density at radius 1 is 0.788 bits per heavy atom. The van der Waals surface area contributed by atoms with Crippen LogP contribution in [0, 0.1) is 17.8 Å². The van der Waals surface area contributed by atoms with Crippen molar-refractivity contribution < 1.29 is 38.1 Å². The maximum atomic E-state index is 13.0. The number of aliphatic carboxylic acids is 1. The van der Waals surface area contributed by atoms with Gasteiger partial charge in [-0.15, -0.1) is 0 Å². The predicted molar refractivity (Wildman–Crippen MR) is 191 cm³/mol. The molecular weight excluding hydrogens is 668 g/mol.